The van der Waals surface area contributed by atoms with E-state index in [1.165, 1.54) is 0 Å². The average Bonchev–Trinajstić information content (AvgIpc) is 3.30. The van der Waals surface area contributed by atoms with Gasteiger partial charge in [0.05, 0.1) is 18.2 Å². The molecule has 0 spiro atoms. The van der Waals surface area contributed by atoms with Crippen molar-refractivity contribution in [1.29, 1.82) is 0 Å². The first kappa shape index (κ1) is 21.8. The Balaban J connectivity index is 1.46. The van der Waals surface area contributed by atoms with E-state index in [0.717, 1.165) is 48.3 Å². The standard InChI is InChI=1S/C27H31NO5/c1-2-31-22-9-4-3-7-20(22)26-21-8-5-6-14-27(21,30)15-16-28(26)25(29)13-11-19-10-12-23-24(17-19)33-18-32-23/h3-4,7,9-13,17,21,26,30H,2,5-6,8,14-16,18H2,1H3. The zero-order valence-electron chi connectivity index (χ0n) is 19.0. The number of benzene rings is 2. The molecule has 174 valence electrons. The van der Waals surface area contributed by atoms with Gasteiger partial charge >= 0.3 is 0 Å². The van der Waals surface area contributed by atoms with E-state index in [1.807, 2.05) is 60.4 Å². The third-order valence-electron chi connectivity index (χ3n) is 7.20. The largest absolute Gasteiger partial charge is 0.494 e. The molecule has 2 heterocycles. The Hall–Kier alpha value is -2.99. The first-order valence-corrected chi connectivity index (χ1v) is 11.9. The van der Waals surface area contributed by atoms with Crippen LogP contribution in [0.25, 0.3) is 6.08 Å². The van der Waals surface area contributed by atoms with Crippen molar-refractivity contribution >= 4 is 12.0 Å². The number of likely N-dealkylation sites (tertiary alicyclic amines) is 1. The van der Waals surface area contributed by atoms with Gasteiger partial charge in [0.2, 0.25) is 12.7 Å². The van der Waals surface area contributed by atoms with Gasteiger partial charge < -0.3 is 24.2 Å². The van der Waals surface area contributed by atoms with Gasteiger partial charge in [-0.05, 0) is 56.0 Å². The molecule has 2 aromatic rings. The molecule has 1 saturated carbocycles. The molecule has 1 saturated heterocycles. The van der Waals surface area contributed by atoms with E-state index in [1.54, 1.807) is 6.08 Å². The predicted octanol–water partition coefficient (Wildman–Crippen LogP) is 4.72. The van der Waals surface area contributed by atoms with Crippen LogP contribution in [0.3, 0.4) is 0 Å². The quantitative estimate of drug-likeness (QED) is 0.669. The summed E-state index contributed by atoms with van der Waals surface area (Å²) in [7, 11) is 0. The number of ether oxygens (including phenoxy) is 3. The van der Waals surface area contributed by atoms with Gasteiger partial charge in [-0.2, -0.15) is 0 Å². The molecule has 5 rings (SSSR count). The zero-order chi connectivity index (χ0) is 22.8. The van der Waals surface area contributed by atoms with Gasteiger partial charge in [0.1, 0.15) is 5.75 Å². The number of nitrogens with zero attached hydrogens (tertiary/aromatic N) is 1. The van der Waals surface area contributed by atoms with E-state index in [4.69, 9.17) is 14.2 Å². The number of rotatable bonds is 5. The molecule has 0 aromatic heterocycles. The number of piperidine rings is 1. The fourth-order valence-electron chi connectivity index (χ4n) is 5.61. The number of carbonyl (C=O) groups excluding carboxylic acids is 1. The molecular formula is C27H31NO5. The van der Waals surface area contributed by atoms with Crippen molar-refractivity contribution in [2.45, 2.75) is 50.7 Å². The molecule has 2 aromatic carbocycles. The molecular weight excluding hydrogens is 418 g/mol. The molecule has 3 aliphatic rings. The Kier molecular flexibility index (Phi) is 6.02. The summed E-state index contributed by atoms with van der Waals surface area (Å²) in [6, 6.07) is 13.4. The van der Waals surface area contributed by atoms with Gasteiger partial charge in [0.15, 0.2) is 11.5 Å². The van der Waals surface area contributed by atoms with Crippen LogP contribution < -0.4 is 14.2 Å². The lowest BCUT2D eigenvalue weighted by molar-refractivity contribution is -0.151. The Labute approximate surface area is 194 Å². The van der Waals surface area contributed by atoms with Crippen LogP contribution in [0.2, 0.25) is 0 Å². The number of carbonyl (C=O) groups is 1. The van der Waals surface area contributed by atoms with Gasteiger partial charge in [-0.15, -0.1) is 0 Å². The highest BCUT2D eigenvalue weighted by atomic mass is 16.7. The second kappa shape index (κ2) is 9.10. The molecule has 2 aliphatic heterocycles. The van der Waals surface area contributed by atoms with E-state index in [2.05, 4.69) is 0 Å². The second-order valence-corrected chi connectivity index (χ2v) is 9.10. The maximum absolute atomic E-state index is 13.5. The summed E-state index contributed by atoms with van der Waals surface area (Å²) >= 11 is 0. The molecule has 2 fully saturated rings. The molecule has 1 amide bonds. The maximum Gasteiger partial charge on any atom is 0.247 e. The second-order valence-electron chi connectivity index (χ2n) is 9.10. The molecule has 1 N–H and O–H groups in total. The van der Waals surface area contributed by atoms with Crippen molar-refractivity contribution < 1.29 is 24.1 Å². The summed E-state index contributed by atoms with van der Waals surface area (Å²) in [5, 5.41) is 11.5. The average molecular weight is 450 g/mol. The number of aliphatic hydroxyl groups is 1. The maximum atomic E-state index is 13.5. The molecule has 0 bridgehead atoms. The monoisotopic (exact) mass is 449 g/mol. The van der Waals surface area contributed by atoms with Crippen LogP contribution in [-0.4, -0.2) is 41.5 Å². The minimum absolute atomic E-state index is 0.00972. The molecule has 6 nitrogen and oxygen atoms in total. The normalized spacial score (nSPS) is 26.3. The Morgan fingerprint density at radius 2 is 2.03 bits per heavy atom. The van der Waals surface area contributed by atoms with Gasteiger partial charge in [0, 0.05) is 24.1 Å². The number of hydrogen-bond donors (Lipinski definition) is 1. The van der Waals surface area contributed by atoms with Crippen LogP contribution in [0.15, 0.2) is 48.5 Å². The highest BCUT2D eigenvalue weighted by Crippen LogP contribution is 2.51. The van der Waals surface area contributed by atoms with E-state index in [-0.39, 0.29) is 24.7 Å². The minimum Gasteiger partial charge on any atom is -0.494 e. The smallest absolute Gasteiger partial charge is 0.247 e. The van der Waals surface area contributed by atoms with Crippen LogP contribution in [0, 0.1) is 5.92 Å². The van der Waals surface area contributed by atoms with Gasteiger partial charge in [-0.1, -0.05) is 37.1 Å². The van der Waals surface area contributed by atoms with E-state index < -0.39 is 5.60 Å². The Morgan fingerprint density at radius 3 is 2.91 bits per heavy atom. The lowest BCUT2D eigenvalue weighted by Crippen LogP contribution is -2.56. The van der Waals surface area contributed by atoms with Crippen molar-refractivity contribution in [2.24, 2.45) is 5.92 Å². The summed E-state index contributed by atoms with van der Waals surface area (Å²) in [4.78, 5) is 15.4. The van der Waals surface area contributed by atoms with Crippen molar-refractivity contribution in [3.63, 3.8) is 0 Å². The predicted molar refractivity (Wildman–Crippen MR) is 125 cm³/mol. The highest BCUT2D eigenvalue weighted by molar-refractivity contribution is 5.92. The van der Waals surface area contributed by atoms with Crippen molar-refractivity contribution in [3.8, 4) is 17.2 Å². The van der Waals surface area contributed by atoms with Crippen LogP contribution in [0.5, 0.6) is 17.2 Å². The van der Waals surface area contributed by atoms with Gasteiger partial charge in [0.25, 0.3) is 0 Å². The van der Waals surface area contributed by atoms with Gasteiger partial charge in [-0.3, -0.25) is 4.79 Å². The summed E-state index contributed by atoms with van der Waals surface area (Å²) in [6.07, 6.45) is 7.84. The highest BCUT2D eigenvalue weighted by Gasteiger charge is 2.50. The topological polar surface area (TPSA) is 68.2 Å². The van der Waals surface area contributed by atoms with Crippen LogP contribution in [0.4, 0.5) is 0 Å². The fourth-order valence-corrected chi connectivity index (χ4v) is 5.61. The summed E-state index contributed by atoms with van der Waals surface area (Å²) in [5.74, 6) is 2.13. The van der Waals surface area contributed by atoms with E-state index >= 15 is 0 Å². The zero-order valence-corrected chi connectivity index (χ0v) is 19.0. The van der Waals surface area contributed by atoms with Gasteiger partial charge in [-0.25, -0.2) is 0 Å². The number of hydrogen-bond acceptors (Lipinski definition) is 5. The first-order chi connectivity index (χ1) is 16.1. The molecule has 1 aliphatic carbocycles. The molecule has 3 atom stereocenters. The SMILES string of the molecule is CCOc1ccccc1C1C2CCCCC2(O)CCN1C(=O)C=Cc1ccc2c(c1)OCO2. The fraction of sp³-hybridized carbons (Fsp3) is 0.444. The molecule has 3 unspecified atom stereocenters. The lowest BCUT2D eigenvalue weighted by Gasteiger charge is -2.52. The third kappa shape index (κ3) is 4.20. The molecule has 0 radical (unpaired) electrons. The van der Waals surface area contributed by atoms with Crippen molar-refractivity contribution in [1.82, 2.24) is 4.90 Å². The van der Waals surface area contributed by atoms with Crippen LogP contribution >= 0.6 is 0 Å². The number of amides is 1. The number of fused-ring (bicyclic) bond motifs is 2. The van der Waals surface area contributed by atoms with E-state index in [0.29, 0.717) is 25.3 Å². The summed E-state index contributed by atoms with van der Waals surface area (Å²) < 4.78 is 16.8. The number of para-hydroxylation sites is 1. The van der Waals surface area contributed by atoms with E-state index in [9.17, 15) is 9.90 Å². The molecule has 33 heavy (non-hydrogen) atoms. The lowest BCUT2D eigenvalue weighted by atomic mass is 9.66. The minimum atomic E-state index is -0.736. The Bertz CT molecular complexity index is 1050. The first-order valence-electron chi connectivity index (χ1n) is 11.9. The molecule has 6 heteroatoms. The van der Waals surface area contributed by atoms with Crippen molar-refractivity contribution in [2.75, 3.05) is 19.9 Å². The Morgan fingerprint density at radius 1 is 1.18 bits per heavy atom. The summed E-state index contributed by atoms with van der Waals surface area (Å²) in [5.41, 5.74) is 1.12. The third-order valence-corrected chi connectivity index (χ3v) is 7.20. The van der Waals surface area contributed by atoms with Crippen molar-refractivity contribution in [3.05, 3.63) is 59.7 Å². The van der Waals surface area contributed by atoms with Crippen LogP contribution in [0.1, 0.15) is 56.2 Å². The summed E-state index contributed by atoms with van der Waals surface area (Å²) in [6.45, 7) is 3.26. The van der Waals surface area contributed by atoms with Crippen LogP contribution in [-0.2, 0) is 4.79 Å².